The quantitative estimate of drug-likeness (QED) is 0.107. The van der Waals surface area contributed by atoms with Crippen LogP contribution in [-0.4, -0.2) is 30.1 Å². The van der Waals surface area contributed by atoms with Crippen LogP contribution in [0, 0.1) is 46.3 Å². The molecule has 4 aliphatic carbocycles. The highest BCUT2D eigenvalue weighted by atomic mass is 31.1. The molecule has 0 spiro atoms. The van der Waals surface area contributed by atoms with Gasteiger partial charge < -0.3 is 10.6 Å². The number of nitrogens with one attached hydrogen (secondary N) is 2. The van der Waals surface area contributed by atoms with Crippen LogP contribution in [-0.2, 0) is 9.09 Å². The summed E-state index contributed by atoms with van der Waals surface area (Å²) in [5, 5.41) is 6.32. The SMILES string of the molecule is CC(C)CCCC(C)C1CCC2C3CC=C4CC(NC(=O)NCCCCCCO[P+](=O)O)CCC4(C)C3CCC12C. The zero-order valence-corrected chi connectivity index (χ0v) is 27.7. The van der Waals surface area contributed by atoms with Crippen molar-refractivity contribution >= 4 is 14.3 Å². The first kappa shape index (κ1) is 32.9. The first-order valence-corrected chi connectivity index (χ1v) is 18.2. The Bertz CT molecular complexity index is 924. The molecule has 2 amide bonds. The summed E-state index contributed by atoms with van der Waals surface area (Å²) >= 11 is 0. The summed E-state index contributed by atoms with van der Waals surface area (Å²) in [6.45, 7) is 13.5. The maximum Gasteiger partial charge on any atom is 0.694 e. The molecule has 4 rings (SSSR count). The lowest BCUT2D eigenvalue weighted by Crippen LogP contribution is -2.52. The molecule has 234 valence electrons. The van der Waals surface area contributed by atoms with Gasteiger partial charge in [0.1, 0.15) is 6.61 Å². The highest BCUT2D eigenvalue weighted by Crippen LogP contribution is 2.67. The number of unbranched alkanes of at least 4 members (excludes halogenated alkanes) is 3. The van der Waals surface area contributed by atoms with E-state index in [0.717, 1.165) is 74.0 Å². The van der Waals surface area contributed by atoms with E-state index in [9.17, 15) is 9.36 Å². The lowest BCUT2D eigenvalue weighted by molar-refractivity contribution is -0.0512. The molecule has 0 radical (unpaired) electrons. The second-order valence-electron chi connectivity index (χ2n) is 15.1. The second-order valence-corrected chi connectivity index (χ2v) is 15.8. The minimum atomic E-state index is -2.49. The zero-order chi connectivity index (χ0) is 29.6. The molecule has 9 atom stereocenters. The lowest BCUT2D eigenvalue weighted by atomic mass is 9.47. The molecule has 0 bridgehead atoms. The summed E-state index contributed by atoms with van der Waals surface area (Å²) in [4.78, 5) is 21.3. The van der Waals surface area contributed by atoms with E-state index in [0.29, 0.717) is 24.0 Å². The van der Waals surface area contributed by atoms with Crippen LogP contribution in [0.2, 0.25) is 0 Å². The van der Waals surface area contributed by atoms with Crippen LogP contribution in [0.4, 0.5) is 4.79 Å². The Morgan fingerprint density at radius 3 is 2.56 bits per heavy atom. The van der Waals surface area contributed by atoms with Gasteiger partial charge in [0.05, 0.1) is 0 Å². The number of hydrogen-bond acceptors (Lipinski definition) is 3. The number of rotatable bonds is 14. The van der Waals surface area contributed by atoms with Crippen molar-refractivity contribution in [2.45, 2.75) is 137 Å². The molecule has 7 heteroatoms. The zero-order valence-electron chi connectivity index (χ0n) is 26.8. The molecular weight excluding hydrogens is 531 g/mol. The van der Waals surface area contributed by atoms with Crippen molar-refractivity contribution in [1.29, 1.82) is 0 Å². The number of carbonyl (C=O) groups is 1. The molecule has 41 heavy (non-hydrogen) atoms. The fourth-order valence-electron chi connectivity index (χ4n) is 9.97. The van der Waals surface area contributed by atoms with E-state index in [2.05, 4.69) is 55.9 Å². The third kappa shape index (κ3) is 7.95. The fourth-order valence-corrected chi connectivity index (χ4v) is 10.3. The molecule has 0 saturated heterocycles. The van der Waals surface area contributed by atoms with Crippen molar-refractivity contribution in [3.05, 3.63) is 11.6 Å². The Morgan fingerprint density at radius 1 is 1.02 bits per heavy atom. The average molecular weight is 592 g/mol. The lowest BCUT2D eigenvalue weighted by Gasteiger charge is -2.58. The van der Waals surface area contributed by atoms with Crippen molar-refractivity contribution in [3.63, 3.8) is 0 Å². The summed E-state index contributed by atoms with van der Waals surface area (Å²) in [6, 6.07) is 0.196. The van der Waals surface area contributed by atoms with Crippen LogP contribution in [0.25, 0.3) is 0 Å². The van der Waals surface area contributed by atoms with Gasteiger partial charge in [0.2, 0.25) is 0 Å². The van der Waals surface area contributed by atoms with Crippen LogP contribution in [0.3, 0.4) is 0 Å². The summed E-state index contributed by atoms with van der Waals surface area (Å²) in [5.74, 6) is 5.14. The van der Waals surface area contributed by atoms with Gasteiger partial charge in [0.25, 0.3) is 0 Å². The molecule has 3 N–H and O–H groups in total. The van der Waals surface area contributed by atoms with E-state index in [1.165, 1.54) is 57.8 Å². The summed E-state index contributed by atoms with van der Waals surface area (Å²) in [7, 11) is -2.49. The number of carbonyl (C=O) groups excluding carboxylic acids is 1. The standard InChI is InChI=1S/C34H59N2O4P/c1-24(2)11-10-12-25(3)29-15-16-30-28-14-13-26-23-27(17-19-33(26,4)31(28)18-20-34(29,30)5)36-32(37)35-21-8-6-7-9-22-40-41(38)39/h13,24-25,27-31H,6-12,14-23H2,1-5H3,(H2-,35,36,37,38,39)/p+1. The fraction of sp³-hybridized carbons (Fsp3) is 0.912. The van der Waals surface area contributed by atoms with E-state index in [-0.39, 0.29) is 12.1 Å². The van der Waals surface area contributed by atoms with Crippen LogP contribution in [0.5, 0.6) is 0 Å². The molecule has 6 nitrogen and oxygen atoms in total. The van der Waals surface area contributed by atoms with Gasteiger partial charge in [0.15, 0.2) is 0 Å². The molecule has 0 aromatic rings. The molecule has 0 heterocycles. The van der Waals surface area contributed by atoms with Crippen LogP contribution < -0.4 is 10.6 Å². The predicted molar refractivity (Wildman–Crippen MR) is 168 cm³/mol. The van der Waals surface area contributed by atoms with Gasteiger partial charge in [-0.3, -0.25) is 0 Å². The monoisotopic (exact) mass is 591 g/mol. The topological polar surface area (TPSA) is 87.7 Å². The van der Waals surface area contributed by atoms with Crippen molar-refractivity contribution in [3.8, 4) is 0 Å². The molecular formula is C34H60N2O4P+. The highest BCUT2D eigenvalue weighted by Gasteiger charge is 2.59. The Balaban J connectivity index is 1.24. The average Bonchev–Trinajstić information content (AvgIpc) is 3.27. The van der Waals surface area contributed by atoms with E-state index in [1.54, 1.807) is 5.57 Å². The Labute approximate surface area is 251 Å². The maximum atomic E-state index is 12.6. The largest absolute Gasteiger partial charge is 0.694 e. The van der Waals surface area contributed by atoms with E-state index in [1.807, 2.05) is 0 Å². The number of amides is 2. The summed E-state index contributed by atoms with van der Waals surface area (Å²) < 4.78 is 15.2. The van der Waals surface area contributed by atoms with Gasteiger partial charge in [-0.15, -0.1) is 9.42 Å². The maximum absolute atomic E-state index is 12.6. The summed E-state index contributed by atoms with van der Waals surface area (Å²) in [5.41, 5.74) is 2.47. The normalized spacial score (nSPS) is 35.6. The first-order chi connectivity index (χ1) is 19.5. The van der Waals surface area contributed by atoms with Gasteiger partial charge >= 0.3 is 14.3 Å². The number of urea groups is 1. The number of allylic oxidation sites excluding steroid dienone is 1. The summed E-state index contributed by atoms with van der Waals surface area (Å²) in [6.07, 6.45) is 20.6. The van der Waals surface area contributed by atoms with Gasteiger partial charge in [0, 0.05) is 17.2 Å². The van der Waals surface area contributed by atoms with Crippen molar-refractivity contribution < 1.29 is 18.8 Å². The van der Waals surface area contributed by atoms with Crippen molar-refractivity contribution in [1.82, 2.24) is 10.6 Å². The van der Waals surface area contributed by atoms with Gasteiger partial charge in [-0.2, -0.15) is 0 Å². The Morgan fingerprint density at radius 2 is 1.80 bits per heavy atom. The third-order valence-corrected chi connectivity index (χ3v) is 12.6. The van der Waals surface area contributed by atoms with Gasteiger partial charge in [-0.25, -0.2) is 4.79 Å². The first-order valence-electron chi connectivity index (χ1n) is 17.1. The molecule has 0 aliphatic heterocycles. The second kappa shape index (κ2) is 14.7. The number of fused-ring (bicyclic) bond motifs is 5. The van der Waals surface area contributed by atoms with Crippen LogP contribution in [0.15, 0.2) is 11.6 Å². The smallest absolute Gasteiger partial charge is 0.338 e. The molecule has 3 fully saturated rings. The van der Waals surface area contributed by atoms with Crippen LogP contribution >= 0.6 is 8.25 Å². The van der Waals surface area contributed by atoms with E-state index < -0.39 is 8.25 Å². The molecule has 0 aromatic heterocycles. The third-order valence-electron chi connectivity index (χ3n) is 12.2. The van der Waals surface area contributed by atoms with Gasteiger partial charge in [-0.1, -0.05) is 78.4 Å². The van der Waals surface area contributed by atoms with Gasteiger partial charge in [-0.05, 0) is 111 Å². The molecule has 3 saturated carbocycles. The van der Waals surface area contributed by atoms with E-state index >= 15 is 0 Å². The predicted octanol–water partition coefficient (Wildman–Crippen LogP) is 8.92. The minimum absolute atomic E-state index is 0.0403. The van der Waals surface area contributed by atoms with Crippen molar-refractivity contribution in [2.24, 2.45) is 46.3 Å². The number of hydrogen-bond donors (Lipinski definition) is 3. The van der Waals surface area contributed by atoms with Crippen LogP contribution in [0.1, 0.15) is 131 Å². The molecule has 4 aliphatic rings. The van der Waals surface area contributed by atoms with E-state index in [4.69, 9.17) is 4.89 Å². The molecule has 9 unspecified atom stereocenters. The minimum Gasteiger partial charge on any atom is -0.338 e. The molecule has 0 aromatic carbocycles. The Kier molecular flexibility index (Phi) is 11.8. The Hall–Kier alpha value is -0.970. The highest BCUT2D eigenvalue weighted by molar-refractivity contribution is 7.32. The van der Waals surface area contributed by atoms with Crippen molar-refractivity contribution in [2.75, 3.05) is 13.2 Å².